The molecule has 0 saturated carbocycles. The van der Waals surface area contributed by atoms with E-state index in [0.717, 1.165) is 0 Å². The number of anilines is 8. The summed E-state index contributed by atoms with van der Waals surface area (Å²) in [6, 6.07) is 28.7. The van der Waals surface area contributed by atoms with Crippen molar-refractivity contribution in [2.45, 2.75) is 9.79 Å². The Balaban J connectivity index is 1.23. The molecule has 26 nitrogen and oxygen atoms in total. The number of nitrogens with zero attached hydrogens (tertiary/aromatic N) is 8. The molecule has 6 aromatic rings. The molecule has 4 aromatic carbocycles. The number of hydrogen-bond acceptors (Lipinski definition) is 26. The lowest BCUT2D eigenvalue weighted by atomic mass is 10.1. The molecule has 28 heteroatoms. The highest BCUT2D eigenvalue weighted by Gasteiger charge is 2.24. The van der Waals surface area contributed by atoms with Crippen molar-refractivity contribution in [2.24, 2.45) is 0 Å². The van der Waals surface area contributed by atoms with Gasteiger partial charge in [0.15, 0.2) is 0 Å². The van der Waals surface area contributed by atoms with E-state index in [4.69, 9.17) is 27.9 Å². The van der Waals surface area contributed by atoms with Crippen LogP contribution in [0.5, 0.6) is 0 Å². The Bertz CT molecular complexity index is 2580. The minimum absolute atomic E-state index is 0.0665. The number of aliphatic hydroxyl groups excluding tert-OH is 4. The zero-order chi connectivity index (χ0) is 48.2. The minimum atomic E-state index is -4.70. The van der Waals surface area contributed by atoms with Crippen molar-refractivity contribution in [3.05, 3.63) is 120 Å². The van der Waals surface area contributed by atoms with Gasteiger partial charge in [0, 0.05) is 11.4 Å². The molecule has 0 aliphatic rings. The van der Waals surface area contributed by atoms with Gasteiger partial charge in [-0.05, 0) is 47.5 Å². The van der Waals surface area contributed by atoms with Crippen LogP contribution in [0.1, 0.15) is 11.1 Å². The maximum atomic E-state index is 13.8. The van der Waals surface area contributed by atoms with Gasteiger partial charge in [0.25, 0.3) is 23.8 Å². The van der Waals surface area contributed by atoms with Crippen LogP contribution in [0.15, 0.2) is 119 Å². The third-order valence-electron chi connectivity index (χ3n) is 8.14. The van der Waals surface area contributed by atoms with Crippen molar-refractivity contribution >= 4 is 79.5 Å². The molecular formula is C40H44N12O14S2. The van der Waals surface area contributed by atoms with E-state index >= 15 is 0 Å². The van der Waals surface area contributed by atoms with E-state index in [1.165, 1.54) is 48.6 Å². The molecule has 0 aliphatic carbocycles. The van der Waals surface area contributed by atoms with Gasteiger partial charge in [0.1, 0.15) is 36.2 Å². The van der Waals surface area contributed by atoms with Crippen LogP contribution in [0.4, 0.5) is 47.1 Å². The fourth-order valence-corrected chi connectivity index (χ4v) is 7.23. The second kappa shape index (κ2) is 25.2. The molecule has 68 heavy (non-hydrogen) atoms. The molecule has 0 aliphatic heterocycles. The van der Waals surface area contributed by atoms with Crippen molar-refractivity contribution in [3.63, 3.8) is 0 Å². The summed E-state index contributed by atoms with van der Waals surface area (Å²) < 4.78 is 65.4. The minimum Gasteiger partial charge on any atom is -0.394 e. The molecule has 0 saturated heterocycles. The Morgan fingerprint density at radius 1 is 0.441 bits per heavy atom. The van der Waals surface area contributed by atoms with Crippen LogP contribution < -0.4 is 32.0 Å². The number of aliphatic hydroxyl groups is 4. The topological polar surface area (TPSA) is 337 Å². The number of rotatable bonds is 28. The summed E-state index contributed by atoms with van der Waals surface area (Å²) in [5, 5.41) is 44.6. The van der Waals surface area contributed by atoms with E-state index < -0.39 is 58.6 Å². The lowest BCUT2D eigenvalue weighted by Gasteiger charge is -2.20. The maximum absolute atomic E-state index is 13.8. The monoisotopic (exact) mass is 980 g/mol. The van der Waals surface area contributed by atoms with Crippen molar-refractivity contribution in [3.8, 4) is 0 Å². The van der Waals surface area contributed by atoms with Crippen molar-refractivity contribution < 1.29 is 65.2 Å². The van der Waals surface area contributed by atoms with Gasteiger partial charge in [-0.1, -0.05) is 95.4 Å². The summed E-state index contributed by atoms with van der Waals surface area (Å²) in [6.07, 6.45) is 2.67. The van der Waals surface area contributed by atoms with Crippen molar-refractivity contribution in [1.82, 2.24) is 29.9 Å². The predicted octanol–water partition coefficient (Wildman–Crippen LogP) is 2.49. The first-order chi connectivity index (χ1) is 33.0. The lowest BCUT2D eigenvalue weighted by molar-refractivity contribution is -0.106. The third kappa shape index (κ3) is 14.7. The molecule has 0 unspecified atom stereocenters. The van der Waals surface area contributed by atoms with Crippen molar-refractivity contribution in [1.29, 1.82) is 0 Å². The first-order valence-electron chi connectivity index (χ1n) is 20.0. The normalized spacial score (nSPS) is 11.6. The van der Waals surface area contributed by atoms with Gasteiger partial charge in [-0.15, -0.1) is 8.57 Å². The van der Waals surface area contributed by atoms with E-state index in [1.807, 2.05) is 0 Å². The summed E-state index contributed by atoms with van der Waals surface area (Å²) in [6.45, 7) is -2.74. The molecule has 0 spiro atoms. The fraction of sp³-hybridized carbons (Fsp3) is 0.200. The first kappa shape index (κ1) is 50.4. The highest BCUT2D eigenvalue weighted by Crippen LogP contribution is 2.26. The number of benzene rings is 4. The van der Waals surface area contributed by atoms with Crippen LogP contribution in [-0.2, 0) is 48.2 Å². The second-order valence-corrected chi connectivity index (χ2v) is 16.0. The molecule has 8 N–H and O–H groups in total. The van der Waals surface area contributed by atoms with E-state index in [9.17, 15) is 37.3 Å². The smallest absolute Gasteiger partial charge is 0.318 e. The highest BCUT2D eigenvalue weighted by atomic mass is 32.2. The Morgan fingerprint density at radius 2 is 0.765 bits per heavy atom. The van der Waals surface area contributed by atoms with Gasteiger partial charge in [-0.25, -0.2) is 30.3 Å². The molecule has 2 heterocycles. The summed E-state index contributed by atoms with van der Waals surface area (Å²) in [4.78, 5) is 45.7. The van der Waals surface area contributed by atoms with Crippen LogP contribution in [0, 0.1) is 0 Å². The zero-order valence-corrected chi connectivity index (χ0v) is 37.1. The average Bonchev–Trinajstić information content (AvgIpc) is 3.35. The van der Waals surface area contributed by atoms with E-state index in [2.05, 4.69) is 51.5 Å². The van der Waals surface area contributed by atoms with Gasteiger partial charge in [0.05, 0.1) is 26.4 Å². The number of nitrogens with one attached hydrogen (secondary N) is 4. The Kier molecular flexibility index (Phi) is 18.6. The highest BCUT2D eigenvalue weighted by molar-refractivity contribution is 7.87. The summed E-state index contributed by atoms with van der Waals surface area (Å²) >= 11 is 0. The Labute approximate surface area is 388 Å². The Hall–Kier alpha value is -7.06. The largest absolute Gasteiger partial charge is 0.394 e. The summed E-state index contributed by atoms with van der Waals surface area (Å²) in [5.74, 6) is -1.78. The van der Waals surface area contributed by atoms with E-state index in [0.29, 0.717) is 21.8 Å². The predicted molar refractivity (Wildman–Crippen MR) is 242 cm³/mol. The van der Waals surface area contributed by atoms with Crippen LogP contribution in [-0.4, -0.2) is 120 Å². The fourth-order valence-electron chi connectivity index (χ4n) is 5.34. The quantitative estimate of drug-likeness (QED) is 0.0259. The van der Waals surface area contributed by atoms with Crippen LogP contribution in [0.3, 0.4) is 0 Å². The maximum Gasteiger partial charge on any atom is 0.318 e. The van der Waals surface area contributed by atoms with Crippen LogP contribution >= 0.6 is 0 Å². The number of para-hydroxylation sites is 2. The summed E-state index contributed by atoms with van der Waals surface area (Å²) in [5.41, 5.74) is 5.64. The standard InChI is InChI=1S/C40H44N12O14S2/c53-21-25-61-51(62-26-22-54)39-45-35(41-31-13-3-1-4-14-31)43-37(47-39)49-65-67(57,58)33-17-9-7-11-29(33)19-20-30-12-8-10-18-34(30)68(59,60)66-50-38-44-36(42-32-15-5-2-6-16-32)46-40(48-38)52(63-27-23-55)64-28-24-56/h1-20,53-56H,21-28H2,(H2,41,43,45,47,49)(H2,42,44,46,48,50). The van der Waals surface area contributed by atoms with Crippen LogP contribution in [0.25, 0.3) is 12.2 Å². The molecule has 0 amide bonds. The van der Waals surface area contributed by atoms with E-state index in [-0.39, 0.29) is 71.1 Å². The third-order valence-corrected chi connectivity index (χ3v) is 10.6. The van der Waals surface area contributed by atoms with E-state index in [1.54, 1.807) is 72.8 Å². The molecular weight excluding hydrogens is 937 g/mol. The molecule has 0 bridgehead atoms. The van der Waals surface area contributed by atoms with Gasteiger partial charge in [-0.2, -0.15) is 46.7 Å². The second-order valence-electron chi connectivity index (χ2n) is 13.0. The lowest BCUT2D eigenvalue weighted by Crippen LogP contribution is -2.29. The van der Waals surface area contributed by atoms with Gasteiger partial charge in [-0.3, -0.25) is 0 Å². The first-order valence-corrected chi connectivity index (χ1v) is 22.8. The molecule has 0 fully saturated rings. The number of aromatic nitrogens is 6. The molecule has 0 radical (unpaired) electrons. The van der Waals surface area contributed by atoms with Gasteiger partial charge in [0.2, 0.25) is 11.9 Å². The SMILES string of the molecule is O=S(=O)(ONc1nc(Nc2ccccc2)nc(N(OCCO)OCCO)n1)c1ccccc1C=Cc1ccccc1S(=O)(=O)ONc1nc(Nc2ccccc2)nc(N(OCCO)OCCO)n1. The average molecular weight is 981 g/mol. The zero-order valence-electron chi connectivity index (χ0n) is 35.5. The molecule has 2 aromatic heterocycles. The molecule has 0 atom stereocenters. The van der Waals surface area contributed by atoms with Crippen molar-refractivity contribution in [2.75, 3.05) is 84.9 Å². The number of hydrogen-bond donors (Lipinski definition) is 8. The Morgan fingerprint density at radius 3 is 1.12 bits per heavy atom. The molecule has 6 rings (SSSR count). The molecule has 360 valence electrons. The van der Waals surface area contributed by atoms with Gasteiger partial charge >= 0.3 is 20.2 Å². The van der Waals surface area contributed by atoms with Crippen LogP contribution in [0.2, 0.25) is 0 Å². The van der Waals surface area contributed by atoms with Gasteiger partial charge < -0.3 is 31.1 Å². The summed E-state index contributed by atoms with van der Waals surface area (Å²) in [7, 11) is -9.39.